The van der Waals surface area contributed by atoms with Crippen molar-refractivity contribution in [2.75, 3.05) is 31.5 Å². The highest BCUT2D eigenvalue weighted by atomic mass is 32.2. The SMILES string of the molecule is CN(C)c1cc2nc(c1)C(S(C)(=O)=O)Cc1ccc(c3ccccc13)CC2S(C)=O. The second-order valence-corrected chi connectivity index (χ2v) is 12.0. The largest absolute Gasteiger partial charge is 0.378 e. The molecule has 3 heterocycles. The summed E-state index contributed by atoms with van der Waals surface area (Å²) in [6.07, 6.45) is 3.89. The summed E-state index contributed by atoms with van der Waals surface area (Å²) in [5.74, 6) is 0. The zero-order valence-corrected chi connectivity index (χ0v) is 19.3. The first-order chi connectivity index (χ1) is 14.1. The van der Waals surface area contributed by atoms with Crippen LogP contribution in [0.4, 0.5) is 5.69 Å². The Morgan fingerprint density at radius 2 is 1.53 bits per heavy atom. The van der Waals surface area contributed by atoms with Crippen molar-refractivity contribution in [3.63, 3.8) is 0 Å². The van der Waals surface area contributed by atoms with Gasteiger partial charge in [-0.25, -0.2) is 8.42 Å². The molecular formula is C23H26N2O3S2. The van der Waals surface area contributed by atoms with Gasteiger partial charge in [0.15, 0.2) is 9.84 Å². The number of anilines is 1. The first kappa shape index (κ1) is 21.0. The molecule has 2 aliphatic rings. The third kappa shape index (κ3) is 3.88. The fourth-order valence-corrected chi connectivity index (χ4v) is 6.11. The van der Waals surface area contributed by atoms with Gasteiger partial charge in [0.1, 0.15) is 5.25 Å². The predicted molar refractivity (Wildman–Crippen MR) is 124 cm³/mol. The topological polar surface area (TPSA) is 67.3 Å². The molecule has 158 valence electrons. The van der Waals surface area contributed by atoms with E-state index in [1.54, 1.807) is 6.26 Å². The van der Waals surface area contributed by atoms with Crippen molar-refractivity contribution in [1.82, 2.24) is 4.98 Å². The average Bonchev–Trinajstić information content (AvgIpc) is 2.71. The number of pyridine rings is 1. The molecule has 0 saturated heterocycles. The van der Waals surface area contributed by atoms with E-state index in [2.05, 4.69) is 12.1 Å². The summed E-state index contributed by atoms with van der Waals surface area (Å²) in [4.78, 5) is 6.71. The molecule has 5 rings (SSSR count). The zero-order chi connectivity index (χ0) is 21.6. The van der Waals surface area contributed by atoms with Crippen LogP contribution in [0.15, 0.2) is 48.5 Å². The highest BCUT2D eigenvalue weighted by molar-refractivity contribution is 7.90. The molecule has 0 amide bonds. The Morgan fingerprint density at radius 1 is 0.967 bits per heavy atom. The minimum Gasteiger partial charge on any atom is -0.378 e. The molecule has 7 heteroatoms. The first-order valence-corrected chi connectivity index (χ1v) is 13.4. The van der Waals surface area contributed by atoms with Crippen LogP contribution in [-0.4, -0.2) is 44.2 Å². The lowest BCUT2D eigenvalue weighted by Crippen LogP contribution is -2.19. The standard InChI is InChI=1S/C23H26N2O3S2/c1-25(2)17-13-20-22(29(3)26)11-15-9-10-16(19-8-6-5-7-18(15)19)12-23(30(4,27)28)21(14-17)24-20/h5-10,13-14,22-23H,11-12H2,1-4H3. The number of fused-ring (bicyclic) bond motifs is 3. The Labute approximate surface area is 180 Å². The van der Waals surface area contributed by atoms with Gasteiger partial charge in [0.2, 0.25) is 0 Å². The van der Waals surface area contributed by atoms with Gasteiger partial charge >= 0.3 is 0 Å². The van der Waals surface area contributed by atoms with E-state index in [0.29, 0.717) is 24.2 Å². The van der Waals surface area contributed by atoms with Crippen molar-refractivity contribution >= 4 is 37.1 Å². The van der Waals surface area contributed by atoms with E-state index in [4.69, 9.17) is 4.98 Å². The summed E-state index contributed by atoms with van der Waals surface area (Å²) in [5.41, 5.74) is 4.15. The number of rotatable bonds is 3. The van der Waals surface area contributed by atoms with E-state index in [-0.39, 0.29) is 5.25 Å². The van der Waals surface area contributed by atoms with Crippen molar-refractivity contribution in [3.05, 3.63) is 71.0 Å². The Bertz CT molecular complexity index is 1250. The second-order valence-electron chi connectivity index (χ2n) is 8.21. The molecular weight excluding hydrogens is 416 g/mol. The minimum absolute atomic E-state index is 0.323. The van der Waals surface area contributed by atoms with Crippen LogP contribution < -0.4 is 4.90 Å². The van der Waals surface area contributed by atoms with Crippen LogP contribution in [0, 0.1) is 0 Å². The number of sulfone groups is 1. The maximum Gasteiger partial charge on any atom is 0.156 e. The third-order valence-electron chi connectivity index (χ3n) is 5.86. The molecule has 4 bridgehead atoms. The number of hydrogen-bond acceptors (Lipinski definition) is 5. The second kappa shape index (κ2) is 7.78. The normalized spacial score (nSPS) is 20.0. The van der Waals surface area contributed by atoms with Gasteiger partial charge in [-0.05, 0) is 46.9 Å². The maximum atomic E-state index is 12.9. The average molecular weight is 443 g/mol. The summed E-state index contributed by atoms with van der Waals surface area (Å²) >= 11 is 0. The van der Waals surface area contributed by atoms with Crippen LogP contribution in [0.2, 0.25) is 0 Å². The van der Waals surface area contributed by atoms with E-state index >= 15 is 0 Å². The predicted octanol–water partition coefficient (Wildman–Crippen LogP) is 3.60. The summed E-state index contributed by atoms with van der Waals surface area (Å²) in [6.45, 7) is 0. The van der Waals surface area contributed by atoms with Gasteiger partial charge in [0.05, 0.1) is 16.6 Å². The zero-order valence-electron chi connectivity index (χ0n) is 17.6. The van der Waals surface area contributed by atoms with Crippen molar-refractivity contribution in [1.29, 1.82) is 0 Å². The fraction of sp³-hybridized carbons (Fsp3) is 0.348. The maximum absolute atomic E-state index is 12.9. The van der Waals surface area contributed by atoms with Gasteiger partial charge in [-0.15, -0.1) is 0 Å². The summed E-state index contributed by atoms with van der Waals surface area (Å²) < 4.78 is 38.5. The molecule has 0 saturated carbocycles. The van der Waals surface area contributed by atoms with E-state index in [9.17, 15) is 12.6 Å². The smallest absolute Gasteiger partial charge is 0.156 e. The molecule has 0 radical (unpaired) electrons. The van der Waals surface area contributed by atoms with Gasteiger partial charge in [-0.2, -0.15) is 0 Å². The summed E-state index contributed by atoms with van der Waals surface area (Å²) in [5, 5.41) is 1.04. The Hall–Kier alpha value is -2.25. The number of hydrogen-bond donors (Lipinski definition) is 0. The van der Waals surface area contributed by atoms with Gasteiger partial charge < -0.3 is 4.90 Å². The molecule has 0 aliphatic carbocycles. The van der Waals surface area contributed by atoms with E-state index in [1.165, 1.54) is 6.26 Å². The van der Waals surface area contributed by atoms with E-state index in [0.717, 1.165) is 27.6 Å². The molecule has 1 aromatic heterocycles. The lowest BCUT2D eigenvalue weighted by molar-refractivity contribution is 0.585. The Morgan fingerprint density at radius 3 is 2.07 bits per heavy atom. The Balaban J connectivity index is 2.08. The third-order valence-corrected chi connectivity index (χ3v) is 8.51. The minimum atomic E-state index is -3.43. The van der Waals surface area contributed by atoms with Crippen LogP contribution >= 0.6 is 0 Å². The number of nitrogens with zero attached hydrogens (tertiary/aromatic N) is 2. The number of aromatic nitrogens is 1. The highest BCUT2D eigenvalue weighted by Gasteiger charge is 2.30. The van der Waals surface area contributed by atoms with Gasteiger partial charge in [-0.3, -0.25) is 9.19 Å². The lowest BCUT2D eigenvalue weighted by Gasteiger charge is -2.22. The lowest BCUT2D eigenvalue weighted by atomic mass is 9.94. The van der Waals surface area contributed by atoms with E-state index in [1.807, 2.05) is 55.4 Å². The molecule has 2 aromatic carbocycles. The molecule has 3 unspecified atom stereocenters. The van der Waals surface area contributed by atoms with Crippen LogP contribution in [0.1, 0.15) is 33.0 Å². The van der Waals surface area contributed by atoms with E-state index < -0.39 is 25.9 Å². The molecule has 0 N–H and O–H groups in total. The first-order valence-electron chi connectivity index (χ1n) is 9.85. The van der Waals surface area contributed by atoms with Crippen LogP contribution in [-0.2, 0) is 33.5 Å². The van der Waals surface area contributed by atoms with Crippen LogP contribution in [0.25, 0.3) is 10.8 Å². The van der Waals surface area contributed by atoms with Crippen molar-refractivity contribution in [3.8, 4) is 0 Å². The molecule has 0 fully saturated rings. The summed E-state index contributed by atoms with van der Waals surface area (Å²) in [6, 6.07) is 15.9. The molecule has 5 nitrogen and oxygen atoms in total. The van der Waals surface area contributed by atoms with Crippen molar-refractivity contribution < 1.29 is 12.6 Å². The number of benzene rings is 2. The fourth-order valence-electron chi connectivity index (χ4n) is 4.19. The Kier molecular flexibility index (Phi) is 5.45. The molecule has 30 heavy (non-hydrogen) atoms. The quantitative estimate of drug-likeness (QED) is 0.620. The monoisotopic (exact) mass is 442 g/mol. The van der Waals surface area contributed by atoms with Crippen LogP contribution in [0.3, 0.4) is 0 Å². The molecule has 3 atom stereocenters. The molecule has 3 aromatic rings. The molecule has 2 aliphatic heterocycles. The van der Waals surface area contributed by atoms with Gasteiger partial charge in [0, 0.05) is 43.1 Å². The van der Waals surface area contributed by atoms with Crippen LogP contribution in [0.5, 0.6) is 0 Å². The highest BCUT2D eigenvalue weighted by Crippen LogP contribution is 2.36. The van der Waals surface area contributed by atoms with Crippen molar-refractivity contribution in [2.24, 2.45) is 0 Å². The molecule has 0 spiro atoms. The van der Waals surface area contributed by atoms with Gasteiger partial charge in [-0.1, -0.05) is 36.4 Å². The van der Waals surface area contributed by atoms with Crippen molar-refractivity contribution in [2.45, 2.75) is 23.3 Å². The summed E-state index contributed by atoms with van der Waals surface area (Å²) in [7, 11) is -0.774. The van der Waals surface area contributed by atoms with Gasteiger partial charge in [0.25, 0.3) is 0 Å².